The SMILES string of the molecule is C(=C\C1CCCC1)/CCCc1ccccc1.C/C=C\CCCC(=O)NCC.OC1CCCCO1.OC1CCCCO1.OC1CCCCO1. The molecule has 0 radical (unpaired) electrons. The molecule has 1 aromatic rings. The third kappa shape index (κ3) is 27.8. The molecule has 3 heterocycles. The summed E-state index contributed by atoms with van der Waals surface area (Å²) in [7, 11) is 0. The summed E-state index contributed by atoms with van der Waals surface area (Å²) in [6.07, 6.45) is 28.8. The molecule has 8 nitrogen and oxygen atoms in total. The number of carbonyl (C=O) groups is 1. The lowest BCUT2D eigenvalue weighted by Gasteiger charge is -2.16. The zero-order chi connectivity index (χ0) is 34.9. The van der Waals surface area contributed by atoms with Crippen LogP contribution < -0.4 is 5.32 Å². The van der Waals surface area contributed by atoms with Crippen LogP contribution in [0.1, 0.15) is 135 Å². The van der Waals surface area contributed by atoms with Gasteiger partial charge in [-0.1, -0.05) is 67.5 Å². The number of hydrogen-bond acceptors (Lipinski definition) is 7. The number of carbonyl (C=O) groups excluding carboxylic acids is 1. The minimum Gasteiger partial charge on any atom is -0.368 e. The van der Waals surface area contributed by atoms with Crippen LogP contribution in [0.5, 0.6) is 0 Å². The Balaban J connectivity index is 0.000000315. The van der Waals surface area contributed by atoms with Crippen molar-refractivity contribution in [3.8, 4) is 0 Å². The smallest absolute Gasteiger partial charge is 0.219 e. The highest BCUT2D eigenvalue weighted by molar-refractivity contribution is 5.75. The molecular weight excluding hydrogens is 606 g/mol. The number of benzene rings is 1. The van der Waals surface area contributed by atoms with Gasteiger partial charge in [-0.2, -0.15) is 0 Å². The third-order valence-corrected chi connectivity index (χ3v) is 8.34. The van der Waals surface area contributed by atoms with Gasteiger partial charge >= 0.3 is 0 Å². The Hall–Kier alpha value is -2.07. The third-order valence-electron chi connectivity index (χ3n) is 8.34. The van der Waals surface area contributed by atoms with E-state index in [1.807, 2.05) is 19.9 Å². The zero-order valence-corrected chi connectivity index (χ0v) is 30.2. The van der Waals surface area contributed by atoms with E-state index in [4.69, 9.17) is 29.5 Å². The molecule has 3 atom stereocenters. The van der Waals surface area contributed by atoms with E-state index in [1.165, 1.54) is 50.5 Å². The van der Waals surface area contributed by atoms with Crippen LogP contribution in [0.3, 0.4) is 0 Å². The number of aryl methyl sites for hydroxylation is 1. The number of allylic oxidation sites excluding steroid dienone is 4. The number of unbranched alkanes of at least 4 members (excludes halogenated alkanes) is 2. The summed E-state index contributed by atoms with van der Waals surface area (Å²) in [5.41, 5.74) is 1.47. The average Bonchev–Trinajstić information content (AvgIpc) is 3.63. The number of aliphatic hydroxyl groups is 3. The molecule has 3 unspecified atom stereocenters. The molecular formula is C40H69NO7. The Kier molecular flexibility index (Phi) is 29.4. The van der Waals surface area contributed by atoms with Crippen molar-refractivity contribution in [3.05, 3.63) is 60.2 Å². The second-order valence-corrected chi connectivity index (χ2v) is 12.7. The molecule has 4 fully saturated rings. The second-order valence-electron chi connectivity index (χ2n) is 12.7. The van der Waals surface area contributed by atoms with Gasteiger partial charge in [0.2, 0.25) is 5.91 Å². The van der Waals surface area contributed by atoms with Gasteiger partial charge < -0.3 is 34.8 Å². The van der Waals surface area contributed by atoms with Gasteiger partial charge in [0.1, 0.15) is 0 Å². The first kappa shape index (κ1) is 44.0. The van der Waals surface area contributed by atoms with E-state index in [0.717, 1.165) is 103 Å². The molecule has 3 aliphatic heterocycles. The predicted molar refractivity (Wildman–Crippen MR) is 195 cm³/mol. The molecule has 3 saturated heterocycles. The van der Waals surface area contributed by atoms with Crippen molar-refractivity contribution in [1.82, 2.24) is 5.32 Å². The van der Waals surface area contributed by atoms with Crippen LogP contribution in [0.15, 0.2) is 54.6 Å². The summed E-state index contributed by atoms with van der Waals surface area (Å²) in [6.45, 7) is 6.88. The highest BCUT2D eigenvalue weighted by atomic mass is 16.6. The van der Waals surface area contributed by atoms with Crippen molar-refractivity contribution in [2.45, 2.75) is 155 Å². The molecule has 4 aliphatic rings. The van der Waals surface area contributed by atoms with Crippen LogP contribution in [0, 0.1) is 5.92 Å². The average molecular weight is 676 g/mol. The van der Waals surface area contributed by atoms with Crippen molar-refractivity contribution in [1.29, 1.82) is 0 Å². The van der Waals surface area contributed by atoms with Gasteiger partial charge in [0.05, 0.1) is 0 Å². The Morgan fingerprint density at radius 1 is 0.729 bits per heavy atom. The van der Waals surface area contributed by atoms with Gasteiger partial charge in [0.25, 0.3) is 0 Å². The van der Waals surface area contributed by atoms with Crippen molar-refractivity contribution >= 4 is 5.91 Å². The van der Waals surface area contributed by atoms with Gasteiger partial charge in [0.15, 0.2) is 18.9 Å². The fourth-order valence-electron chi connectivity index (χ4n) is 5.51. The Labute approximate surface area is 292 Å². The maximum atomic E-state index is 10.9. The van der Waals surface area contributed by atoms with Gasteiger partial charge in [0, 0.05) is 32.8 Å². The number of amides is 1. The van der Waals surface area contributed by atoms with E-state index in [0.29, 0.717) is 6.42 Å². The molecule has 276 valence electrons. The second kappa shape index (κ2) is 32.2. The molecule has 0 aromatic heterocycles. The number of hydrogen-bond donors (Lipinski definition) is 4. The van der Waals surface area contributed by atoms with E-state index >= 15 is 0 Å². The lowest BCUT2D eigenvalue weighted by molar-refractivity contribution is -0.123. The quantitative estimate of drug-likeness (QED) is 0.146. The first-order chi connectivity index (χ1) is 23.4. The molecule has 8 heteroatoms. The number of rotatable bonds is 10. The first-order valence-corrected chi connectivity index (χ1v) is 18.9. The van der Waals surface area contributed by atoms with E-state index in [1.54, 1.807) is 0 Å². The monoisotopic (exact) mass is 676 g/mol. The Morgan fingerprint density at radius 2 is 1.23 bits per heavy atom. The molecule has 5 rings (SSSR count). The standard InChI is InChI=1S/C16H22.C9H17NO.3C5H10O2/c1-3-9-15(10-4-1)11-5-2-6-12-16-13-7-8-14-16;1-3-5-6-7-8-9(11)10-4-2;3*6-5-3-1-2-4-7-5/h1,3-4,6,9-10,12,16H,2,5,7-8,11,13-14H2;3,5H,4,6-8H2,1-2H3,(H,10,11);3*5-6H,1-4H2/b12-6+;5-3-;;;. The van der Waals surface area contributed by atoms with Gasteiger partial charge in [-0.15, -0.1) is 0 Å². The highest BCUT2D eigenvalue weighted by Crippen LogP contribution is 2.25. The topological polar surface area (TPSA) is 117 Å². The maximum Gasteiger partial charge on any atom is 0.219 e. The van der Waals surface area contributed by atoms with Crippen molar-refractivity contribution in [2.24, 2.45) is 5.92 Å². The molecule has 48 heavy (non-hydrogen) atoms. The van der Waals surface area contributed by atoms with Crippen molar-refractivity contribution < 1.29 is 34.3 Å². The molecule has 1 amide bonds. The van der Waals surface area contributed by atoms with Crippen molar-refractivity contribution in [2.75, 3.05) is 26.4 Å². The fourth-order valence-corrected chi connectivity index (χ4v) is 5.51. The largest absolute Gasteiger partial charge is 0.368 e. The maximum absolute atomic E-state index is 10.9. The summed E-state index contributed by atoms with van der Waals surface area (Å²) in [5, 5.41) is 28.8. The minimum absolute atomic E-state index is 0.164. The molecule has 0 bridgehead atoms. The summed E-state index contributed by atoms with van der Waals surface area (Å²) in [6, 6.07) is 10.8. The Bertz CT molecular complexity index is 848. The Morgan fingerprint density at radius 3 is 1.65 bits per heavy atom. The summed E-state index contributed by atoms with van der Waals surface area (Å²) < 4.78 is 14.5. The first-order valence-electron chi connectivity index (χ1n) is 18.9. The molecule has 1 saturated carbocycles. The van der Waals surface area contributed by atoms with E-state index < -0.39 is 18.9 Å². The fraction of sp³-hybridized carbons (Fsp3) is 0.725. The van der Waals surface area contributed by atoms with E-state index in [9.17, 15) is 4.79 Å². The van der Waals surface area contributed by atoms with Crippen LogP contribution in [0.2, 0.25) is 0 Å². The molecule has 1 aromatic carbocycles. The van der Waals surface area contributed by atoms with Crippen LogP contribution in [-0.4, -0.2) is 66.5 Å². The normalized spacial score (nSPS) is 22.6. The zero-order valence-electron chi connectivity index (χ0n) is 30.2. The highest BCUT2D eigenvalue weighted by Gasteiger charge is 2.11. The molecule has 1 aliphatic carbocycles. The molecule has 0 spiro atoms. The summed E-state index contributed by atoms with van der Waals surface area (Å²) in [4.78, 5) is 10.9. The summed E-state index contributed by atoms with van der Waals surface area (Å²) >= 11 is 0. The lowest BCUT2D eigenvalue weighted by Crippen LogP contribution is -2.21. The van der Waals surface area contributed by atoms with Crippen LogP contribution in [-0.2, 0) is 25.4 Å². The molecule has 4 N–H and O–H groups in total. The minimum atomic E-state index is -0.464. The van der Waals surface area contributed by atoms with Gasteiger partial charge in [-0.25, -0.2) is 0 Å². The predicted octanol–water partition coefficient (Wildman–Crippen LogP) is 8.14. The van der Waals surface area contributed by atoms with E-state index in [-0.39, 0.29) is 5.91 Å². The van der Waals surface area contributed by atoms with Gasteiger partial charge in [-0.3, -0.25) is 4.79 Å². The number of aliphatic hydroxyl groups excluding tert-OH is 3. The van der Waals surface area contributed by atoms with Crippen LogP contribution in [0.4, 0.5) is 0 Å². The van der Waals surface area contributed by atoms with Gasteiger partial charge in [-0.05, 0) is 128 Å². The van der Waals surface area contributed by atoms with Crippen LogP contribution >= 0.6 is 0 Å². The van der Waals surface area contributed by atoms with E-state index in [2.05, 4.69) is 53.9 Å². The number of ether oxygens (including phenoxy) is 3. The number of nitrogens with one attached hydrogen (secondary N) is 1. The lowest BCUT2D eigenvalue weighted by atomic mass is 10.1. The van der Waals surface area contributed by atoms with Crippen molar-refractivity contribution in [3.63, 3.8) is 0 Å². The summed E-state index contributed by atoms with van der Waals surface area (Å²) in [5.74, 6) is 1.06. The van der Waals surface area contributed by atoms with Crippen LogP contribution in [0.25, 0.3) is 0 Å².